The van der Waals surface area contributed by atoms with Crippen LogP contribution in [-0.2, 0) is 32.2 Å². The number of nitrogens with zero attached hydrogens (tertiary/aromatic N) is 9. The highest BCUT2D eigenvalue weighted by atomic mass is 35.5. The first-order valence-corrected chi connectivity index (χ1v) is 23.8. The summed E-state index contributed by atoms with van der Waals surface area (Å²) < 4.78 is 60.8. The Morgan fingerprint density at radius 2 is 1.28 bits per heavy atom. The number of allylic oxidation sites excluding steroid dienone is 1. The molecule has 0 unspecified atom stereocenters. The average molecular weight is 1120 g/mol. The molecule has 75 heavy (non-hydrogen) atoms. The summed E-state index contributed by atoms with van der Waals surface area (Å²) in [6.45, 7) is 12.7. The number of anilines is 2. The van der Waals surface area contributed by atoms with Crippen molar-refractivity contribution in [1.82, 2.24) is 48.9 Å². The summed E-state index contributed by atoms with van der Waals surface area (Å²) in [6, 6.07) is 5.87. The van der Waals surface area contributed by atoms with E-state index in [0.29, 0.717) is 52.2 Å². The molecule has 0 bridgehead atoms. The van der Waals surface area contributed by atoms with E-state index in [1.807, 2.05) is 29.0 Å². The van der Waals surface area contributed by atoms with E-state index in [1.54, 1.807) is 54.3 Å². The van der Waals surface area contributed by atoms with Crippen LogP contribution in [0.25, 0.3) is 22.1 Å². The van der Waals surface area contributed by atoms with Crippen molar-refractivity contribution in [3.05, 3.63) is 106 Å². The number of ether oxygens (including phenoxy) is 2. The second kappa shape index (κ2) is 27.6. The van der Waals surface area contributed by atoms with Gasteiger partial charge in [0.15, 0.2) is 11.4 Å². The van der Waals surface area contributed by atoms with Gasteiger partial charge in [0.25, 0.3) is 11.8 Å². The summed E-state index contributed by atoms with van der Waals surface area (Å²) in [5.41, 5.74) is 16.4. The highest BCUT2D eigenvalue weighted by Gasteiger charge is 2.38. The molecule has 4 aromatic heterocycles. The second-order valence-corrected chi connectivity index (χ2v) is 17.5. The van der Waals surface area contributed by atoms with Gasteiger partial charge in [-0.1, -0.05) is 48.2 Å². The van der Waals surface area contributed by atoms with Gasteiger partial charge in [0.1, 0.15) is 22.8 Å². The Balaban J connectivity index is 0.000000316. The lowest BCUT2D eigenvalue weighted by atomic mass is 10.1. The Bertz CT molecular complexity index is 3430. The van der Waals surface area contributed by atoms with Crippen LogP contribution in [-0.4, -0.2) is 139 Å². The summed E-state index contributed by atoms with van der Waals surface area (Å²) >= 11 is 17.7. The fourth-order valence-electron chi connectivity index (χ4n) is 8.55. The lowest BCUT2D eigenvalue weighted by molar-refractivity contribution is -0.127. The first-order valence-electron chi connectivity index (χ1n) is 25.6. The van der Waals surface area contributed by atoms with Gasteiger partial charge in [-0.3, -0.25) is 19.2 Å². The molecule has 3 amide bonds. The van der Waals surface area contributed by atoms with Crippen LogP contribution in [0.15, 0.2) is 62.2 Å². The lowest BCUT2D eigenvalue weighted by Gasteiger charge is -2.22. The molecule has 2 aliphatic heterocycles. The van der Waals surface area contributed by atoms with E-state index in [9.17, 15) is 19.2 Å². The fraction of sp³-hybridized carbons (Fsp3) is 0.360. The van der Waals surface area contributed by atoms with Gasteiger partial charge < -0.3 is 56.4 Å². The molecule has 6 aromatic rings. The Kier molecular flexibility index (Phi) is 19.0. The molecular weight excluding hydrogens is 1050 g/mol. The number of halogens is 4. The summed E-state index contributed by atoms with van der Waals surface area (Å²) in [7, 11) is -1.78. The molecule has 21 nitrogen and oxygen atoms in total. The molecule has 2 fully saturated rings. The number of aryl methyl sites for hydroxylation is 2. The van der Waals surface area contributed by atoms with E-state index < -0.39 is 43.2 Å². The SMILES string of the molecule is C=CC(=O)Cl.Cl.O.[2H]C([2H])([2H])OC[C@H]1C[C@H](n2nc(C#Cc3cc4ncn(CC)c4cc3Cl)c(C(N)=O)c2NC)CN1.[2H]C([2H])([2H])OC[C@H]1C[C@H](n2nc(C#Cc3cc4ncn(CC)c4cc3Cl)c(C(N)=O)c2NC)CN1C(=O)C=C. The molecule has 25 heteroatoms. The third-order valence-electron chi connectivity index (χ3n) is 12.0. The highest BCUT2D eigenvalue weighted by Crippen LogP contribution is 2.33. The third kappa shape index (κ3) is 13.7. The zero-order chi connectivity index (χ0) is 58.1. The molecule has 4 atom stereocenters. The molecular formula is C50H60Cl4N14O7. The quantitative estimate of drug-likeness (QED) is 0.0549. The van der Waals surface area contributed by atoms with Crippen LogP contribution in [0.3, 0.4) is 0 Å². The van der Waals surface area contributed by atoms with Crippen molar-refractivity contribution in [1.29, 1.82) is 0 Å². The van der Waals surface area contributed by atoms with Crippen molar-refractivity contribution in [2.24, 2.45) is 11.5 Å². The number of imidazole rings is 2. The number of methoxy groups -OCH3 is 2. The number of nitrogens with one attached hydrogen (secondary N) is 3. The number of benzene rings is 2. The molecule has 6 heterocycles. The van der Waals surface area contributed by atoms with Crippen molar-refractivity contribution >= 4 is 104 Å². The molecule has 8 rings (SSSR count). The van der Waals surface area contributed by atoms with E-state index in [4.69, 9.17) is 64.0 Å². The number of rotatable bonds is 14. The van der Waals surface area contributed by atoms with E-state index in [1.165, 1.54) is 4.90 Å². The van der Waals surface area contributed by atoms with Crippen molar-refractivity contribution in [3.63, 3.8) is 0 Å². The van der Waals surface area contributed by atoms with Crippen molar-refractivity contribution < 1.29 is 42.4 Å². The highest BCUT2D eigenvalue weighted by molar-refractivity contribution is 6.66. The topological polar surface area (TPSA) is 281 Å². The van der Waals surface area contributed by atoms with Crippen LogP contribution in [0.2, 0.25) is 10.0 Å². The second-order valence-electron chi connectivity index (χ2n) is 16.3. The van der Waals surface area contributed by atoms with Crippen LogP contribution in [0, 0.1) is 23.7 Å². The zero-order valence-corrected chi connectivity index (χ0v) is 44.3. The maximum atomic E-state index is 12.5. The molecule has 0 radical (unpaired) electrons. The zero-order valence-electron chi connectivity index (χ0n) is 47.2. The van der Waals surface area contributed by atoms with E-state index >= 15 is 0 Å². The molecule has 2 aromatic carbocycles. The standard InChI is InChI=1S/C25H28ClN7O3.C22H26ClN7O2.C3H3ClO.ClH.H2O/c1-5-22(34)32-12-16(10-17(32)13-36-4)33-25(28-3)23(24(27)35)19(30-33)8-7-15-9-20-21(11-18(15)26)31(6-2)14-29-20;1-4-29-12-27-18-7-13(16(23)9-19(18)29)5-6-17-20(21(24)31)22(25-2)30(28-17)15-8-14(11-32-3)26-10-15;1-2-3(4)5;;/h5,9,11,14,16-17,28H,1,6,10,12-13H2,2-4H3,(H2,27,35);7,9,12,14-15,25-26H,4,8,10-11H2,1-3H3,(H2,24,31);2H,1H2;1H;1H2/t16-,17+;14-,15+;;;/m01.../s1/i4D3;3D3;;;. The molecule has 2 aliphatic rings. The van der Waals surface area contributed by atoms with Crippen LogP contribution in [0.5, 0.6) is 0 Å². The molecule has 9 N–H and O–H groups in total. The van der Waals surface area contributed by atoms with Gasteiger partial charge in [-0.2, -0.15) is 10.2 Å². The number of carbonyl (C=O) groups is 4. The fourth-order valence-corrected chi connectivity index (χ4v) is 8.96. The van der Waals surface area contributed by atoms with Gasteiger partial charge in [0.05, 0.1) is 84.3 Å². The van der Waals surface area contributed by atoms with Crippen LogP contribution in [0.4, 0.5) is 11.6 Å². The maximum Gasteiger partial charge on any atom is 0.255 e. The molecule has 400 valence electrons. The molecule has 0 saturated carbocycles. The number of hydrogen-bond donors (Lipinski definition) is 5. The van der Waals surface area contributed by atoms with Gasteiger partial charge in [-0.15, -0.1) is 12.4 Å². The number of aromatic nitrogens is 8. The minimum Gasteiger partial charge on any atom is -0.412 e. The third-order valence-corrected chi connectivity index (χ3v) is 12.8. The Labute approximate surface area is 463 Å². The lowest BCUT2D eigenvalue weighted by Crippen LogP contribution is -2.37. The monoisotopic (exact) mass is 1110 g/mol. The smallest absolute Gasteiger partial charge is 0.255 e. The van der Waals surface area contributed by atoms with Gasteiger partial charge in [-0.25, -0.2) is 19.3 Å². The first kappa shape index (κ1) is 51.6. The van der Waals surface area contributed by atoms with Crippen LogP contribution >= 0.6 is 47.2 Å². The summed E-state index contributed by atoms with van der Waals surface area (Å²) in [6.07, 6.45) is 6.54. The average Bonchev–Trinajstić information content (AvgIpc) is 4.47. The maximum absolute atomic E-state index is 12.5. The number of fused-ring (bicyclic) bond motifs is 2. The molecule has 0 spiro atoms. The number of hydrogen-bond acceptors (Lipinski definition) is 13. The number of nitrogens with two attached hydrogens (primary N) is 2. The minimum absolute atomic E-state index is 0. The van der Waals surface area contributed by atoms with Gasteiger partial charge in [0.2, 0.25) is 11.1 Å². The Morgan fingerprint density at radius 1 is 0.800 bits per heavy atom. The number of amides is 3. The Morgan fingerprint density at radius 3 is 1.71 bits per heavy atom. The van der Waals surface area contributed by atoms with Gasteiger partial charge in [0, 0.05) is 71.5 Å². The molecule has 0 aliphatic carbocycles. The predicted molar refractivity (Wildman–Crippen MR) is 294 cm³/mol. The predicted octanol–water partition coefficient (Wildman–Crippen LogP) is 4.95. The van der Waals surface area contributed by atoms with E-state index in [-0.39, 0.29) is 78.1 Å². The van der Waals surface area contributed by atoms with Crippen LogP contribution in [0.1, 0.15) is 90.2 Å². The van der Waals surface area contributed by atoms with E-state index in [0.717, 1.165) is 47.3 Å². The van der Waals surface area contributed by atoms with Crippen molar-refractivity contribution in [2.45, 2.75) is 63.9 Å². The number of carbonyl (C=O) groups excluding carboxylic acids is 4. The normalized spacial score (nSPS) is 17.9. The van der Waals surface area contributed by atoms with Gasteiger partial charge in [-0.05, 0) is 86.5 Å². The Hall–Kier alpha value is -6.92. The first-order chi connectivity index (χ1) is 37.3. The molecule has 2 saturated heterocycles. The van der Waals surface area contributed by atoms with Gasteiger partial charge >= 0.3 is 0 Å². The van der Waals surface area contributed by atoms with Crippen molar-refractivity contribution in [3.8, 4) is 23.7 Å². The largest absolute Gasteiger partial charge is 0.412 e. The number of likely N-dealkylation sites (tertiary alicyclic amines) is 1. The summed E-state index contributed by atoms with van der Waals surface area (Å²) in [4.78, 5) is 57.0. The minimum atomic E-state index is -2.61. The number of primary amides is 2. The van der Waals surface area contributed by atoms with E-state index in [2.05, 4.69) is 73.0 Å². The summed E-state index contributed by atoms with van der Waals surface area (Å²) in [5, 5.41) is 18.7. The van der Waals surface area contributed by atoms with Crippen LogP contribution < -0.4 is 27.4 Å². The van der Waals surface area contributed by atoms with Crippen molar-refractivity contribution in [2.75, 3.05) is 65.1 Å². The summed E-state index contributed by atoms with van der Waals surface area (Å²) in [5.74, 6) is 10.8.